The van der Waals surface area contributed by atoms with E-state index in [2.05, 4.69) is 61.3 Å². The van der Waals surface area contributed by atoms with Gasteiger partial charge in [-0.2, -0.15) is 0 Å². The first-order chi connectivity index (χ1) is 14.4. The van der Waals surface area contributed by atoms with Gasteiger partial charge in [-0.05, 0) is 48.7 Å². The molecule has 4 rings (SSSR count). The van der Waals surface area contributed by atoms with Crippen LogP contribution in [0, 0.1) is 0 Å². The summed E-state index contributed by atoms with van der Waals surface area (Å²) in [7, 11) is 0. The van der Waals surface area contributed by atoms with Gasteiger partial charge in [-0.3, -0.25) is 4.79 Å². The maximum atomic E-state index is 12.4. The lowest BCUT2D eigenvalue weighted by molar-refractivity contribution is -0.118. The number of benzene rings is 2. The van der Waals surface area contributed by atoms with Crippen LogP contribution in [0.5, 0.6) is 11.5 Å². The van der Waals surface area contributed by atoms with Crippen LogP contribution in [0.3, 0.4) is 0 Å². The zero-order valence-electron chi connectivity index (χ0n) is 18.2. The fraction of sp³-hybridized carbons (Fsp3) is 0.400. The molecule has 5 nitrogen and oxygen atoms in total. The molecule has 1 saturated heterocycles. The number of para-hydroxylation sites is 1. The second kappa shape index (κ2) is 7.71. The van der Waals surface area contributed by atoms with Crippen LogP contribution in [-0.2, 0) is 10.2 Å². The SMILES string of the molecule is CCCOc1ccc(C=C[C@]23NC(=O)CN2c2ccccc2C3(C)C)cc1OCC. The minimum Gasteiger partial charge on any atom is -0.490 e. The summed E-state index contributed by atoms with van der Waals surface area (Å²) < 4.78 is 11.6. The third kappa shape index (κ3) is 3.13. The van der Waals surface area contributed by atoms with E-state index in [-0.39, 0.29) is 11.3 Å². The maximum Gasteiger partial charge on any atom is 0.241 e. The molecule has 1 atom stereocenters. The summed E-state index contributed by atoms with van der Waals surface area (Å²) in [6.07, 6.45) is 5.13. The van der Waals surface area contributed by atoms with Crippen molar-refractivity contribution >= 4 is 17.7 Å². The van der Waals surface area contributed by atoms with Crippen molar-refractivity contribution in [2.24, 2.45) is 0 Å². The Morgan fingerprint density at radius 2 is 1.90 bits per heavy atom. The predicted octanol–water partition coefficient (Wildman–Crippen LogP) is 4.51. The molecule has 0 unspecified atom stereocenters. The second-order valence-corrected chi connectivity index (χ2v) is 8.36. The molecule has 2 aromatic carbocycles. The summed E-state index contributed by atoms with van der Waals surface area (Å²) in [6.45, 7) is 10.0. The largest absolute Gasteiger partial charge is 0.490 e. The van der Waals surface area contributed by atoms with E-state index in [1.807, 2.05) is 31.2 Å². The summed E-state index contributed by atoms with van der Waals surface area (Å²) in [4.78, 5) is 14.6. The van der Waals surface area contributed by atoms with Crippen LogP contribution < -0.4 is 19.7 Å². The number of amides is 1. The minimum absolute atomic E-state index is 0.0422. The Labute approximate surface area is 178 Å². The third-order valence-electron chi connectivity index (χ3n) is 6.12. The van der Waals surface area contributed by atoms with Gasteiger partial charge in [0.25, 0.3) is 0 Å². The fourth-order valence-corrected chi connectivity index (χ4v) is 4.58. The molecule has 0 aliphatic carbocycles. The molecule has 0 bridgehead atoms. The van der Waals surface area contributed by atoms with Crippen molar-refractivity contribution in [2.45, 2.75) is 45.2 Å². The first kappa shape index (κ1) is 20.3. The highest BCUT2D eigenvalue weighted by atomic mass is 16.5. The number of ether oxygens (including phenoxy) is 2. The molecule has 0 radical (unpaired) electrons. The Morgan fingerprint density at radius 1 is 1.10 bits per heavy atom. The molecular weight excluding hydrogens is 376 g/mol. The summed E-state index contributed by atoms with van der Waals surface area (Å²) in [5.74, 6) is 1.55. The molecule has 5 heteroatoms. The normalized spacial score (nSPS) is 21.5. The van der Waals surface area contributed by atoms with E-state index in [1.54, 1.807) is 0 Å². The number of nitrogens with zero attached hydrogens (tertiary/aromatic N) is 1. The molecule has 158 valence electrons. The van der Waals surface area contributed by atoms with Crippen molar-refractivity contribution < 1.29 is 14.3 Å². The molecule has 1 N–H and O–H groups in total. The Balaban J connectivity index is 1.71. The molecule has 0 spiro atoms. The van der Waals surface area contributed by atoms with Gasteiger partial charge >= 0.3 is 0 Å². The molecule has 2 heterocycles. The lowest BCUT2D eigenvalue weighted by Crippen LogP contribution is -2.58. The van der Waals surface area contributed by atoms with Gasteiger partial charge in [0, 0.05) is 11.1 Å². The zero-order valence-corrected chi connectivity index (χ0v) is 18.2. The lowest BCUT2D eigenvalue weighted by Gasteiger charge is -2.40. The topological polar surface area (TPSA) is 50.8 Å². The second-order valence-electron chi connectivity index (χ2n) is 8.36. The Kier molecular flexibility index (Phi) is 5.22. The molecule has 0 aromatic heterocycles. The number of hydrogen-bond acceptors (Lipinski definition) is 4. The third-order valence-corrected chi connectivity index (χ3v) is 6.12. The fourth-order valence-electron chi connectivity index (χ4n) is 4.58. The highest BCUT2D eigenvalue weighted by molar-refractivity contribution is 5.91. The number of carbonyl (C=O) groups is 1. The molecular formula is C25H30N2O3. The van der Waals surface area contributed by atoms with E-state index in [4.69, 9.17) is 9.47 Å². The number of rotatable bonds is 7. The first-order valence-corrected chi connectivity index (χ1v) is 10.7. The number of hydrogen-bond donors (Lipinski definition) is 1. The molecule has 1 amide bonds. The number of nitrogens with one attached hydrogen (secondary N) is 1. The van der Waals surface area contributed by atoms with Crippen LogP contribution in [0.15, 0.2) is 48.5 Å². The van der Waals surface area contributed by atoms with Gasteiger partial charge in [-0.15, -0.1) is 0 Å². The summed E-state index contributed by atoms with van der Waals surface area (Å²) in [6, 6.07) is 14.3. The monoisotopic (exact) mass is 406 g/mol. The maximum absolute atomic E-state index is 12.4. The van der Waals surface area contributed by atoms with E-state index < -0.39 is 5.66 Å². The Hall–Kier alpha value is -2.95. The highest BCUT2D eigenvalue weighted by Crippen LogP contribution is 2.52. The van der Waals surface area contributed by atoms with Crippen molar-refractivity contribution in [2.75, 3.05) is 24.7 Å². The van der Waals surface area contributed by atoms with Crippen LogP contribution in [0.25, 0.3) is 6.08 Å². The van der Waals surface area contributed by atoms with Crippen molar-refractivity contribution in [3.63, 3.8) is 0 Å². The van der Waals surface area contributed by atoms with Gasteiger partial charge in [0.1, 0.15) is 5.66 Å². The molecule has 0 saturated carbocycles. The smallest absolute Gasteiger partial charge is 0.241 e. The van der Waals surface area contributed by atoms with Crippen molar-refractivity contribution in [3.8, 4) is 11.5 Å². The van der Waals surface area contributed by atoms with Gasteiger partial charge in [-0.1, -0.05) is 51.1 Å². The molecule has 2 aliphatic rings. The molecule has 30 heavy (non-hydrogen) atoms. The minimum atomic E-state index is -0.600. The van der Waals surface area contributed by atoms with Gasteiger partial charge < -0.3 is 19.7 Å². The Bertz CT molecular complexity index is 982. The first-order valence-electron chi connectivity index (χ1n) is 10.7. The molecule has 2 aliphatic heterocycles. The van der Waals surface area contributed by atoms with Crippen LogP contribution in [0.4, 0.5) is 5.69 Å². The summed E-state index contributed by atoms with van der Waals surface area (Å²) in [5, 5.41) is 3.26. The molecule has 1 fully saturated rings. The van der Waals surface area contributed by atoms with E-state index in [1.165, 1.54) is 5.56 Å². The number of carbonyl (C=O) groups excluding carboxylic acids is 1. The van der Waals surface area contributed by atoms with Gasteiger partial charge in [0.2, 0.25) is 5.91 Å². The number of fused-ring (bicyclic) bond motifs is 3. The highest BCUT2D eigenvalue weighted by Gasteiger charge is 2.59. The van der Waals surface area contributed by atoms with E-state index in [9.17, 15) is 4.79 Å². The van der Waals surface area contributed by atoms with E-state index in [0.29, 0.717) is 19.8 Å². The van der Waals surface area contributed by atoms with Crippen LogP contribution in [0.1, 0.15) is 45.2 Å². The van der Waals surface area contributed by atoms with Gasteiger partial charge in [0.15, 0.2) is 11.5 Å². The lowest BCUT2D eigenvalue weighted by atomic mass is 9.75. The van der Waals surface area contributed by atoms with E-state index in [0.717, 1.165) is 29.2 Å². The van der Waals surface area contributed by atoms with Crippen molar-refractivity contribution in [1.82, 2.24) is 5.32 Å². The molecule has 2 aromatic rings. The summed E-state index contributed by atoms with van der Waals surface area (Å²) in [5.41, 5.74) is 2.48. The number of anilines is 1. The predicted molar refractivity (Wildman–Crippen MR) is 120 cm³/mol. The van der Waals surface area contributed by atoms with Crippen LogP contribution >= 0.6 is 0 Å². The van der Waals surface area contributed by atoms with Crippen LogP contribution in [-0.4, -0.2) is 31.3 Å². The Morgan fingerprint density at radius 3 is 2.67 bits per heavy atom. The van der Waals surface area contributed by atoms with Gasteiger partial charge in [0.05, 0.1) is 19.8 Å². The summed E-state index contributed by atoms with van der Waals surface area (Å²) >= 11 is 0. The van der Waals surface area contributed by atoms with Crippen molar-refractivity contribution in [3.05, 3.63) is 59.7 Å². The van der Waals surface area contributed by atoms with Gasteiger partial charge in [-0.25, -0.2) is 0 Å². The standard InChI is InChI=1S/C25H30N2O3/c1-5-15-30-21-12-11-18(16-22(21)29-6-2)13-14-25-24(3,4)19-9-7-8-10-20(19)27(25)17-23(28)26-25/h7-14,16H,5-6,15,17H2,1-4H3,(H,26,28)/t25-/m0/s1. The average molecular weight is 407 g/mol. The average Bonchev–Trinajstić information content (AvgIpc) is 3.17. The van der Waals surface area contributed by atoms with Crippen LogP contribution in [0.2, 0.25) is 0 Å². The van der Waals surface area contributed by atoms with E-state index >= 15 is 0 Å². The van der Waals surface area contributed by atoms with Crippen molar-refractivity contribution in [1.29, 1.82) is 0 Å². The zero-order chi connectivity index (χ0) is 21.4. The quantitative estimate of drug-likeness (QED) is 0.735.